The highest BCUT2D eigenvalue weighted by Crippen LogP contribution is 2.22. The Morgan fingerprint density at radius 1 is 1.04 bits per heavy atom. The Morgan fingerprint density at radius 2 is 1.67 bits per heavy atom. The second kappa shape index (κ2) is 7.65. The molecule has 2 aromatic carbocycles. The van der Waals surface area contributed by atoms with Gasteiger partial charge in [0.05, 0.1) is 6.07 Å². The lowest BCUT2D eigenvalue weighted by Crippen LogP contribution is -2.40. The summed E-state index contributed by atoms with van der Waals surface area (Å²) in [5, 5.41) is 8.89. The van der Waals surface area contributed by atoms with E-state index < -0.39 is 0 Å². The first-order valence-electron chi connectivity index (χ1n) is 8.22. The molecule has 0 spiro atoms. The molecule has 0 aliphatic carbocycles. The van der Waals surface area contributed by atoms with E-state index in [1.54, 1.807) is 4.90 Å². The van der Waals surface area contributed by atoms with Gasteiger partial charge < -0.3 is 9.64 Å². The predicted molar refractivity (Wildman–Crippen MR) is 92.3 cm³/mol. The summed E-state index contributed by atoms with van der Waals surface area (Å²) < 4.78 is 5.61. The van der Waals surface area contributed by atoms with Gasteiger partial charge >= 0.3 is 0 Å². The molecule has 4 nitrogen and oxygen atoms in total. The van der Waals surface area contributed by atoms with Crippen LogP contribution in [0.5, 0.6) is 5.75 Å². The number of carbonyl (C=O) groups is 1. The third-order valence-corrected chi connectivity index (χ3v) is 4.35. The van der Waals surface area contributed by atoms with Crippen molar-refractivity contribution in [3.63, 3.8) is 0 Å². The molecule has 0 bridgehead atoms. The Hall–Kier alpha value is -2.80. The van der Waals surface area contributed by atoms with E-state index in [0.717, 1.165) is 24.0 Å². The lowest BCUT2D eigenvalue weighted by atomic mass is 9.99. The van der Waals surface area contributed by atoms with Gasteiger partial charge in [0.1, 0.15) is 5.75 Å². The number of benzene rings is 2. The molecular weight excluding hydrogens is 300 g/mol. The molecule has 1 aliphatic heterocycles. The van der Waals surface area contributed by atoms with Crippen molar-refractivity contribution in [2.45, 2.75) is 12.8 Å². The Bertz CT molecular complexity index is 712. The van der Waals surface area contributed by atoms with E-state index in [1.807, 2.05) is 42.5 Å². The molecule has 2 aromatic rings. The van der Waals surface area contributed by atoms with E-state index in [1.165, 1.54) is 0 Å². The molecule has 1 fully saturated rings. The zero-order valence-corrected chi connectivity index (χ0v) is 13.5. The second-order valence-electron chi connectivity index (χ2n) is 5.96. The van der Waals surface area contributed by atoms with Crippen molar-refractivity contribution in [2.24, 2.45) is 5.92 Å². The number of nitriles is 1. The van der Waals surface area contributed by atoms with Crippen molar-refractivity contribution in [1.29, 1.82) is 5.26 Å². The highest BCUT2D eigenvalue weighted by atomic mass is 16.5. The molecule has 24 heavy (non-hydrogen) atoms. The quantitative estimate of drug-likeness (QED) is 0.866. The Morgan fingerprint density at radius 3 is 2.29 bits per heavy atom. The monoisotopic (exact) mass is 320 g/mol. The molecule has 0 radical (unpaired) electrons. The van der Waals surface area contributed by atoms with Gasteiger partial charge in [-0.2, -0.15) is 5.26 Å². The fourth-order valence-corrected chi connectivity index (χ4v) is 2.87. The minimum Gasteiger partial charge on any atom is -0.484 e. The maximum atomic E-state index is 12.2. The molecule has 1 heterocycles. The summed E-state index contributed by atoms with van der Waals surface area (Å²) in [6.07, 6.45) is 1.52. The van der Waals surface area contributed by atoms with Crippen LogP contribution in [0.1, 0.15) is 12.8 Å². The van der Waals surface area contributed by atoms with E-state index in [0.29, 0.717) is 18.8 Å². The van der Waals surface area contributed by atoms with Crippen LogP contribution in [-0.4, -0.2) is 30.5 Å². The number of carbonyl (C=O) groups excluding carboxylic acids is 1. The molecule has 0 atom stereocenters. The van der Waals surface area contributed by atoms with Crippen LogP contribution in [0.2, 0.25) is 0 Å². The van der Waals surface area contributed by atoms with E-state index in [4.69, 9.17) is 10.00 Å². The van der Waals surface area contributed by atoms with Crippen molar-refractivity contribution in [2.75, 3.05) is 19.7 Å². The van der Waals surface area contributed by atoms with Crippen LogP contribution in [0.15, 0.2) is 54.6 Å². The van der Waals surface area contributed by atoms with Crippen molar-refractivity contribution >= 4 is 5.91 Å². The fraction of sp³-hybridized carbons (Fsp3) is 0.300. The van der Waals surface area contributed by atoms with Crippen LogP contribution >= 0.6 is 0 Å². The SMILES string of the molecule is N#CC1CCN(C(=O)COc2ccc(-c3ccccc3)cc2)CC1. The van der Waals surface area contributed by atoms with Gasteiger partial charge in [-0.3, -0.25) is 4.79 Å². The third-order valence-electron chi connectivity index (χ3n) is 4.35. The van der Waals surface area contributed by atoms with Crippen molar-refractivity contribution in [3.05, 3.63) is 54.6 Å². The number of amides is 1. The molecule has 1 aliphatic rings. The normalized spacial score (nSPS) is 14.9. The second-order valence-corrected chi connectivity index (χ2v) is 5.96. The van der Waals surface area contributed by atoms with Gasteiger partial charge in [0.15, 0.2) is 6.61 Å². The van der Waals surface area contributed by atoms with E-state index in [9.17, 15) is 4.79 Å². The van der Waals surface area contributed by atoms with Crippen LogP contribution in [0, 0.1) is 17.2 Å². The summed E-state index contributed by atoms with van der Waals surface area (Å²) in [7, 11) is 0. The van der Waals surface area contributed by atoms with Crippen LogP contribution < -0.4 is 4.74 Å². The van der Waals surface area contributed by atoms with Gasteiger partial charge in [-0.1, -0.05) is 42.5 Å². The largest absolute Gasteiger partial charge is 0.484 e. The Labute approximate surface area is 142 Å². The topological polar surface area (TPSA) is 53.3 Å². The average Bonchev–Trinajstić information content (AvgIpc) is 2.67. The molecule has 1 amide bonds. The van der Waals surface area contributed by atoms with Gasteiger partial charge in [0, 0.05) is 19.0 Å². The summed E-state index contributed by atoms with van der Waals surface area (Å²) in [6.45, 7) is 1.34. The number of hydrogen-bond donors (Lipinski definition) is 0. The van der Waals surface area contributed by atoms with E-state index >= 15 is 0 Å². The first kappa shape index (κ1) is 16.1. The molecule has 1 saturated heterocycles. The summed E-state index contributed by atoms with van der Waals surface area (Å²) in [5.41, 5.74) is 2.27. The molecule has 0 aromatic heterocycles. The minimum absolute atomic E-state index is 0.0153. The van der Waals surface area contributed by atoms with Crippen LogP contribution in [0.3, 0.4) is 0 Å². The molecular formula is C20H20N2O2. The van der Waals surface area contributed by atoms with Gasteiger partial charge in [-0.15, -0.1) is 0 Å². The maximum absolute atomic E-state index is 12.2. The highest BCUT2D eigenvalue weighted by Gasteiger charge is 2.22. The lowest BCUT2D eigenvalue weighted by molar-refractivity contribution is -0.134. The number of rotatable bonds is 4. The molecule has 122 valence electrons. The Balaban J connectivity index is 1.52. The number of likely N-dealkylation sites (tertiary alicyclic amines) is 1. The van der Waals surface area contributed by atoms with Gasteiger partial charge in [0.25, 0.3) is 5.91 Å². The minimum atomic E-state index is -0.0153. The van der Waals surface area contributed by atoms with Crippen molar-refractivity contribution in [1.82, 2.24) is 4.90 Å². The number of piperidine rings is 1. The van der Waals surface area contributed by atoms with E-state index in [-0.39, 0.29) is 18.4 Å². The fourth-order valence-electron chi connectivity index (χ4n) is 2.87. The maximum Gasteiger partial charge on any atom is 0.260 e. The van der Waals surface area contributed by atoms with Crippen LogP contribution in [-0.2, 0) is 4.79 Å². The number of hydrogen-bond acceptors (Lipinski definition) is 3. The lowest BCUT2D eigenvalue weighted by Gasteiger charge is -2.29. The third kappa shape index (κ3) is 3.94. The molecule has 0 N–H and O–H groups in total. The van der Waals surface area contributed by atoms with Crippen LogP contribution in [0.4, 0.5) is 0 Å². The summed E-state index contributed by atoms with van der Waals surface area (Å²) in [4.78, 5) is 14.0. The molecule has 3 rings (SSSR count). The zero-order chi connectivity index (χ0) is 16.8. The van der Waals surface area contributed by atoms with Gasteiger partial charge in [-0.25, -0.2) is 0 Å². The van der Waals surface area contributed by atoms with E-state index in [2.05, 4.69) is 18.2 Å². The standard InChI is InChI=1S/C20H20N2O2/c21-14-16-10-12-22(13-11-16)20(23)15-24-19-8-6-18(7-9-19)17-4-2-1-3-5-17/h1-9,16H,10-13,15H2. The Kier molecular flexibility index (Phi) is 5.12. The van der Waals surface area contributed by atoms with Crippen LogP contribution in [0.25, 0.3) is 11.1 Å². The molecule has 0 unspecified atom stereocenters. The molecule has 0 saturated carbocycles. The predicted octanol–water partition coefficient (Wildman–Crippen LogP) is 3.49. The summed E-state index contributed by atoms with van der Waals surface area (Å²) in [6, 6.07) is 20.2. The smallest absolute Gasteiger partial charge is 0.260 e. The van der Waals surface area contributed by atoms with Crippen molar-refractivity contribution in [3.8, 4) is 22.9 Å². The van der Waals surface area contributed by atoms with Gasteiger partial charge in [-0.05, 0) is 36.1 Å². The number of ether oxygens (including phenoxy) is 1. The average molecular weight is 320 g/mol. The highest BCUT2D eigenvalue weighted by molar-refractivity contribution is 5.78. The van der Waals surface area contributed by atoms with Gasteiger partial charge in [0.2, 0.25) is 0 Å². The zero-order valence-electron chi connectivity index (χ0n) is 13.5. The first-order valence-corrected chi connectivity index (χ1v) is 8.22. The first-order chi connectivity index (χ1) is 11.8. The number of nitrogens with zero attached hydrogens (tertiary/aromatic N) is 2. The summed E-state index contributed by atoms with van der Waals surface area (Å²) >= 11 is 0. The molecule has 4 heteroatoms. The van der Waals surface area contributed by atoms with Crippen molar-refractivity contribution < 1.29 is 9.53 Å². The summed E-state index contributed by atoms with van der Waals surface area (Å²) in [5.74, 6) is 0.758.